The van der Waals surface area contributed by atoms with Gasteiger partial charge in [-0.3, -0.25) is 9.78 Å². The molecule has 0 bridgehead atoms. The number of pyridine rings is 1. The molecule has 1 aromatic heterocycles. The van der Waals surface area contributed by atoms with Gasteiger partial charge in [-0.1, -0.05) is 11.8 Å². The molecule has 0 saturated heterocycles. The first-order valence-corrected chi connectivity index (χ1v) is 7.21. The SMILES string of the molecule is CN(C)c1ccc(C#CCNC(=O)COc2cccnc2)cc1. The normalized spacial score (nSPS) is 9.48. The molecule has 5 nitrogen and oxygen atoms in total. The highest BCUT2D eigenvalue weighted by atomic mass is 16.5. The summed E-state index contributed by atoms with van der Waals surface area (Å²) in [5.41, 5.74) is 2.04. The molecule has 1 aromatic carbocycles. The minimum absolute atomic E-state index is 0.0507. The molecule has 1 heterocycles. The van der Waals surface area contributed by atoms with E-state index in [1.807, 2.05) is 43.3 Å². The van der Waals surface area contributed by atoms with E-state index in [2.05, 4.69) is 22.1 Å². The topological polar surface area (TPSA) is 54.5 Å². The van der Waals surface area contributed by atoms with Crippen molar-refractivity contribution < 1.29 is 9.53 Å². The lowest BCUT2D eigenvalue weighted by molar-refractivity contribution is -0.122. The molecule has 0 aliphatic carbocycles. The number of rotatable bonds is 5. The Bertz CT molecular complexity index is 686. The molecular weight excluding hydrogens is 290 g/mol. The van der Waals surface area contributed by atoms with Crippen LogP contribution in [0.3, 0.4) is 0 Å². The third kappa shape index (κ3) is 5.71. The monoisotopic (exact) mass is 309 g/mol. The number of amides is 1. The molecular formula is C18H19N3O2. The fraction of sp³-hybridized carbons (Fsp3) is 0.222. The highest BCUT2D eigenvalue weighted by Gasteiger charge is 2.00. The Morgan fingerprint density at radius 3 is 2.70 bits per heavy atom. The molecule has 0 fully saturated rings. The molecule has 0 spiro atoms. The van der Waals surface area contributed by atoms with E-state index in [1.54, 1.807) is 24.5 Å². The second-order valence-electron chi connectivity index (χ2n) is 5.00. The molecule has 0 unspecified atom stereocenters. The number of hydrogen-bond donors (Lipinski definition) is 1. The van der Waals surface area contributed by atoms with Crippen molar-refractivity contribution in [1.29, 1.82) is 0 Å². The fourth-order valence-electron chi connectivity index (χ4n) is 1.76. The smallest absolute Gasteiger partial charge is 0.258 e. The van der Waals surface area contributed by atoms with Crippen molar-refractivity contribution in [3.63, 3.8) is 0 Å². The Kier molecular flexibility index (Phi) is 6.01. The molecule has 1 N–H and O–H groups in total. The summed E-state index contributed by atoms with van der Waals surface area (Å²) >= 11 is 0. The second-order valence-corrected chi connectivity index (χ2v) is 5.00. The molecule has 2 rings (SSSR count). The van der Waals surface area contributed by atoms with Gasteiger partial charge in [-0.05, 0) is 36.4 Å². The first kappa shape index (κ1) is 16.4. The molecule has 0 atom stereocenters. The minimum atomic E-state index is -0.217. The van der Waals surface area contributed by atoms with Gasteiger partial charge in [-0.25, -0.2) is 0 Å². The van der Waals surface area contributed by atoms with Crippen LogP contribution in [-0.4, -0.2) is 38.1 Å². The summed E-state index contributed by atoms with van der Waals surface area (Å²) in [5, 5.41) is 2.69. The zero-order valence-electron chi connectivity index (χ0n) is 13.2. The van der Waals surface area contributed by atoms with E-state index in [0.29, 0.717) is 5.75 Å². The number of aromatic nitrogens is 1. The zero-order valence-corrected chi connectivity index (χ0v) is 13.2. The maximum Gasteiger partial charge on any atom is 0.258 e. The van der Waals surface area contributed by atoms with Crippen LogP contribution in [0.1, 0.15) is 5.56 Å². The van der Waals surface area contributed by atoms with Gasteiger partial charge < -0.3 is 15.0 Å². The Morgan fingerprint density at radius 1 is 1.26 bits per heavy atom. The number of carbonyl (C=O) groups is 1. The van der Waals surface area contributed by atoms with E-state index in [1.165, 1.54) is 0 Å². The van der Waals surface area contributed by atoms with Gasteiger partial charge in [0.15, 0.2) is 6.61 Å². The lowest BCUT2D eigenvalue weighted by atomic mass is 10.2. The molecule has 5 heteroatoms. The van der Waals surface area contributed by atoms with Crippen LogP contribution >= 0.6 is 0 Å². The summed E-state index contributed by atoms with van der Waals surface area (Å²) in [5.74, 6) is 6.27. The summed E-state index contributed by atoms with van der Waals surface area (Å²) < 4.78 is 5.29. The number of carbonyl (C=O) groups excluding carboxylic acids is 1. The number of nitrogens with zero attached hydrogens (tertiary/aromatic N) is 2. The Hall–Kier alpha value is -3.00. The maximum atomic E-state index is 11.6. The van der Waals surface area contributed by atoms with Crippen molar-refractivity contribution in [2.45, 2.75) is 0 Å². The zero-order chi connectivity index (χ0) is 16.5. The predicted molar refractivity (Wildman–Crippen MR) is 90.4 cm³/mol. The van der Waals surface area contributed by atoms with Gasteiger partial charge in [0.1, 0.15) is 5.75 Å². The van der Waals surface area contributed by atoms with Crippen LogP contribution in [0.4, 0.5) is 5.69 Å². The van der Waals surface area contributed by atoms with Gasteiger partial charge in [-0.15, -0.1) is 0 Å². The van der Waals surface area contributed by atoms with Crippen LogP contribution in [0.5, 0.6) is 5.75 Å². The Labute approximate surface area is 136 Å². The Morgan fingerprint density at radius 2 is 2.04 bits per heavy atom. The molecule has 0 aliphatic heterocycles. The van der Waals surface area contributed by atoms with Crippen LogP contribution in [0.15, 0.2) is 48.8 Å². The first-order chi connectivity index (χ1) is 11.1. The predicted octanol–water partition coefficient (Wildman–Crippen LogP) is 1.69. The summed E-state index contributed by atoms with van der Waals surface area (Å²) in [4.78, 5) is 17.6. The number of nitrogens with one attached hydrogen (secondary N) is 1. The summed E-state index contributed by atoms with van der Waals surface area (Å²) in [6.07, 6.45) is 3.21. The van der Waals surface area contributed by atoms with Gasteiger partial charge in [0.05, 0.1) is 12.7 Å². The minimum Gasteiger partial charge on any atom is -0.482 e. The van der Waals surface area contributed by atoms with E-state index < -0.39 is 0 Å². The van der Waals surface area contributed by atoms with Gasteiger partial charge in [-0.2, -0.15) is 0 Å². The Balaban J connectivity index is 1.73. The highest BCUT2D eigenvalue weighted by molar-refractivity contribution is 5.77. The van der Waals surface area contributed by atoms with Gasteiger partial charge in [0.25, 0.3) is 5.91 Å². The number of hydrogen-bond acceptors (Lipinski definition) is 4. The van der Waals surface area contributed by atoms with Crippen LogP contribution in [0.25, 0.3) is 0 Å². The molecule has 0 radical (unpaired) electrons. The summed E-state index contributed by atoms with van der Waals surface area (Å²) in [7, 11) is 3.98. The van der Waals surface area contributed by atoms with Crippen LogP contribution in [0, 0.1) is 11.8 Å². The lowest BCUT2D eigenvalue weighted by Crippen LogP contribution is -2.29. The first-order valence-electron chi connectivity index (χ1n) is 7.21. The average molecular weight is 309 g/mol. The van der Waals surface area contributed by atoms with Crippen LogP contribution in [0.2, 0.25) is 0 Å². The number of benzene rings is 1. The fourth-order valence-corrected chi connectivity index (χ4v) is 1.76. The molecule has 1 amide bonds. The van der Waals surface area contributed by atoms with Crippen LogP contribution in [-0.2, 0) is 4.79 Å². The van der Waals surface area contributed by atoms with E-state index in [-0.39, 0.29) is 19.1 Å². The van der Waals surface area contributed by atoms with Crippen molar-refractivity contribution in [3.05, 3.63) is 54.4 Å². The van der Waals surface area contributed by atoms with Crippen LogP contribution < -0.4 is 15.0 Å². The molecule has 0 saturated carbocycles. The van der Waals surface area contributed by atoms with Crippen molar-refractivity contribution in [2.24, 2.45) is 0 Å². The largest absolute Gasteiger partial charge is 0.482 e. The third-order valence-corrected chi connectivity index (χ3v) is 2.99. The quantitative estimate of drug-likeness (QED) is 0.854. The van der Waals surface area contributed by atoms with E-state index in [4.69, 9.17) is 4.74 Å². The number of anilines is 1. The number of ether oxygens (including phenoxy) is 1. The van der Waals surface area contributed by atoms with Crippen molar-refractivity contribution >= 4 is 11.6 Å². The molecule has 0 aliphatic rings. The molecule has 2 aromatic rings. The standard InChI is InChI=1S/C18H19N3O2/c1-21(2)16-9-7-15(8-10-16)5-3-12-20-18(22)14-23-17-6-4-11-19-13-17/h4,6-11,13H,12,14H2,1-2H3,(H,20,22). The lowest BCUT2D eigenvalue weighted by Gasteiger charge is -2.11. The second kappa shape index (κ2) is 8.44. The van der Waals surface area contributed by atoms with E-state index in [0.717, 1.165) is 11.3 Å². The van der Waals surface area contributed by atoms with E-state index >= 15 is 0 Å². The highest BCUT2D eigenvalue weighted by Crippen LogP contribution is 2.11. The average Bonchev–Trinajstić information content (AvgIpc) is 2.58. The summed E-state index contributed by atoms with van der Waals surface area (Å²) in [6, 6.07) is 11.4. The van der Waals surface area contributed by atoms with Crippen molar-refractivity contribution in [1.82, 2.24) is 10.3 Å². The molecule has 23 heavy (non-hydrogen) atoms. The third-order valence-electron chi connectivity index (χ3n) is 2.99. The van der Waals surface area contributed by atoms with Crippen molar-refractivity contribution in [2.75, 3.05) is 32.1 Å². The molecule has 118 valence electrons. The van der Waals surface area contributed by atoms with E-state index in [9.17, 15) is 4.79 Å². The van der Waals surface area contributed by atoms with Gasteiger partial charge in [0.2, 0.25) is 0 Å². The maximum absolute atomic E-state index is 11.6. The van der Waals surface area contributed by atoms with Crippen molar-refractivity contribution in [3.8, 4) is 17.6 Å². The summed E-state index contributed by atoms with van der Waals surface area (Å²) in [6.45, 7) is 0.232. The van der Waals surface area contributed by atoms with Gasteiger partial charge in [0, 0.05) is 31.5 Å². The van der Waals surface area contributed by atoms with Gasteiger partial charge >= 0.3 is 0 Å².